The van der Waals surface area contributed by atoms with E-state index in [9.17, 15) is 36.3 Å². The number of carbonyl (C=O) groups is 3. The fourth-order valence-corrected chi connectivity index (χ4v) is 5.60. The van der Waals surface area contributed by atoms with Crippen LogP contribution in [0, 0.1) is 23.4 Å². The van der Waals surface area contributed by atoms with Gasteiger partial charge in [-0.3, -0.25) is 14.4 Å². The molecule has 45 heavy (non-hydrogen) atoms. The fourth-order valence-electron chi connectivity index (χ4n) is 4.38. The molecule has 3 aromatic carbocycles. The maximum absolute atomic E-state index is 15.3. The Labute approximate surface area is 271 Å². The second-order valence-corrected chi connectivity index (χ2v) is 12.0. The number of nitrogens with one attached hydrogen (secondary N) is 2. The van der Waals surface area contributed by atoms with E-state index in [4.69, 9.17) is 46.4 Å². The molecule has 2 atom stereocenters. The number of hydrogen-bond acceptors (Lipinski definition) is 4. The molecule has 1 fully saturated rings. The van der Waals surface area contributed by atoms with Crippen LogP contribution in [0.15, 0.2) is 48.5 Å². The van der Waals surface area contributed by atoms with Gasteiger partial charge in [-0.1, -0.05) is 29.3 Å². The molecule has 0 unspecified atom stereocenters. The number of carbonyl (C=O) groups excluding carboxylic acids is 3. The maximum atomic E-state index is 15.3. The molecule has 0 aliphatic heterocycles. The molecule has 4 rings (SSSR count). The van der Waals surface area contributed by atoms with E-state index in [2.05, 4.69) is 15.4 Å². The number of hydrogen-bond donors (Lipinski definition) is 2. The van der Waals surface area contributed by atoms with E-state index < -0.39 is 82.1 Å². The maximum Gasteiger partial charge on any atom is 0.411 e. The molecule has 3 amide bonds. The Bertz CT molecular complexity index is 1670. The van der Waals surface area contributed by atoms with E-state index >= 15 is 4.39 Å². The molecule has 240 valence electrons. The van der Waals surface area contributed by atoms with Crippen LogP contribution in [0.5, 0.6) is 0 Å². The Kier molecular flexibility index (Phi) is 10.2. The molecule has 0 aromatic heterocycles. The van der Waals surface area contributed by atoms with E-state index in [0.717, 1.165) is 31.3 Å². The molecule has 3 aromatic rings. The average Bonchev–Trinajstić information content (AvgIpc) is 3.53. The molecular formula is C28H19Cl4F6N3O4. The van der Waals surface area contributed by atoms with Gasteiger partial charge in [0.1, 0.15) is 34.9 Å². The van der Waals surface area contributed by atoms with Crippen LogP contribution in [0.3, 0.4) is 0 Å². The van der Waals surface area contributed by atoms with Crippen molar-refractivity contribution in [2.75, 3.05) is 35.8 Å². The first kappa shape index (κ1) is 34.6. The molecule has 1 aliphatic carbocycles. The van der Waals surface area contributed by atoms with Crippen molar-refractivity contribution in [3.63, 3.8) is 0 Å². The molecular weight excluding hydrogens is 698 g/mol. The van der Waals surface area contributed by atoms with E-state index in [1.165, 1.54) is 24.3 Å². The van der Waals surface area contributed by atoms with Gasteiger partial charge in [-0.2, -0.15) is 13.2 Å². The quantitative estimate of drug-likeness (QED) is 0.175. The Morgan fingerprint density at radius 3 is 2.24 bits per heavy atom. The minimum Gasteiger partial charge on any atom is -0.362 e. The normalized spacial score (nSPS) is 17.0. The number of halogens is 10. The SMILES string of the molecule is CN(C(=O)COCC(F)(F)F)c1c(F)ccc(NC(=O)c2cc(NC(=O)[C@H]3[C@H](c4ccc(F)c(Cl)c4)C3(Cl)Cl)ccc2Cl)c1F. The first-order chi connectivity index (χ1) is 20.9. The number of amides is 3. The molecule has 1 aliphatic rings. The molecule has 0 radical (unpaired) electrons. The van der Waals surface area contributed by atoms with Crippen LogP contribution in [-0.4, -0.2) is 48.5 Å². The highest BCUT2D eigenvalue weighted by Gasteiger charge is 2.67. The molecule has 2 N–H and O–H groups in total. The summed E-state index contributed by atoms with van der Waals surface area (Å²) in [5.74, 6) is -7.93. The van der Waals surface area contributed by atoms with Gasteiger partial charge in [0, 0.05) is 18.7 Å². The van der Waals surface area contributed by atoms with Gasteiger partial charge in [0.05, 0.1) is 27.2 Å². The van der Waals surface area contributed by atoms with Gasteiger partial charge in [0.15, 0.2) is 5.82 Å². The van der Waals surface area contributed by atoms with Crippen molar-refractivity contribution in [2.45, 2.75) is 16.4 Å². The summed E-state index contributed by atoms with van der Waals surface area (Å²) in [6.45, 7) is -2.88. The highest BCUT2D eigenvalue weighted by atomic mass is 35.5. The van der Waals surface area contributed by atoms with Gasteiger partial charge in [0.25, 0.3) is 11.8 Å². The predicted octanol–water partition coefficient (Wildman–Crippen LogP) is 7.73. The zero-order chi connectivity index (χ0) is 33.4. The van der Waals surface area contributed by atoms with Crippen LogP contribution in [0.25, 0.3) is 0 Å². The Hall–Kier alpha value is -3.23. The summed E-state index contributed by atoms with van der Waals surface area (Å²) in [7, 11) is 0.904. The largest absolute Gasteiger partial charge is 0.411 e. The van der Waals surface area contributed by atoms with Crippen molar-refractivity contribution in [1.29, 1.82) is 0 Å². The highest BCUT2D eigenvalue weighted by molar-refractivity contribution is 6.53. The highest BCUT2D eigenvalue weighted by Crippen LogP contribution is 2.65. The molecule has 17 heteroatoms. The van der Waals surface area contributed by atoms with E-state index in [1.807, 2.05) is 0 Å². The van der Waals surface area contributed by atoms with Crippen LogP contribution in [0.4, 0.5) is 43.4 Å². The lowest BCUT2D eigenvalue weighted by molar-refractivity contribution is -0.175. The second kappa shape index (κ2) is 13.2. The number of ether oxygens (including phenoxy) is 1. The van der Waals surface area contributed by atoms with Gasteiger partial charge >= 0.3 is 6.18 Å². The Morgan fingerprint density at radius 1 is 0.933 bits per heavy atom. The van der Waals surface area contributed by atoms with Crippen LogP contribution in [0.2, 0.25) is 10.0 Å². The summed E-state index contributed by atoms with van der Waals surface area (Å²) in [6, 6.07) is 9.12. The number of benzene rings is 3. The van der Waals surface area contributed by atoms with Gasteiger partial charge in [-0.25, -0.2) is 13.2 Å². The first-order valence-electron chi connectivity index (χ1n) is 12.6. The van der Waals surface area contributed by atoms with E-state index in [1.54, 1.807) is 0 Å². The van der Waals surface area contributed by atoms with E-state index in [0.29, 0.717) is 10.5 Å². The van der Waals surface area contributed by atoms with Crippen molar-refractivity contribution in [1.82, 2.24) is 0 Å². The third-order valence-corrected chi connectivity index (χ3v) is 8.19. The predicted molar refractivity (Wildman–Crippen MR) is 157 cm³/mol. The van der Waals surface area contributed by atoms with E-state index in [-0.39, 0.29) is 21.3 Å². The standard InChI is InChI=1S/C28H19Cl4F6N3O4/c1-41(20(42)10-45-11-27(36,37)38)24-18(34)6-7-19(23(24)35)40-25(43)14-9-13(3-4-15(14)29)39-26(44)22-21(28(22,31)32)12-2-5-17(33)16(30)8-12/h2-9,21-22H,10-11H2,1H3,(H,39,44)(H,40,43)/t21-,22+/m0/s1. The van der Waals surface area contributed by atoms with Crippen molar-refractivity contribution in [3.8, 4) is 0 Å². The van der Waals surface area contributed by atoms with Crippen molar-refractivity contribution < 1.29 is 45.5 Å². The average molecular weight is 717 g/mol. The molecule has 7 nitrogen and oxygen atoms in total. The summed E-state index contributed by atoms with van der Waals surface area (Å²) in [6.07, 6.45) is -4.72. The number of nitrogens with zero attached hydrogens (tertiary/aromatic N) is 1. The van der Waals surface area contributed by atoms with Gasteiger partial charge in [-0.15, -0.1) is 23.2 Å². The number of rotatable bonds is 9. The summed E-state index contributed by atoms with van der Waals surface area (Å²) in [5, 5.41) is 4.41. The van der Waals surface area contributed by atoms with Crippen LogP contribution < -0.4 is 15.5 Å². The van der Waals surface area contributed by atoms with Gasteiger partial charge in [0.2, 0.25) is 5.91 Å². The minimum atomic E-state index is -4.72. The Morgan fingerprint density at radius 2 is 1.60 bits per heavy atom. The first-order valence-corrected chi connectivity index (χ1v) is 14.1. The molecule has 0 saturated heterocycles. The fraction of sp³-hybridized carbons (Fsp3) is 0.250. The molecule has 0 bridgehead atoms. The molecule has 0 spiro atoms. The lowest BCUT2D eigenvalue weighted by Crippen LogP contribution is -2.33. The molecule has 0 heterocycles. The Balaban J connectivity index is 1.48. The molecule has 1 saturated carbocycles. The number of likely N-dealkylation sites (N-methyl/N-ethyl adjacent to an activating group) is 1. The minimum absolute atomic E-state index is 0.0610. The zero-order valence-corrected chi connectivity index (χ0v) is 25.6. The third kappa shape index (κ3) is 7.78. The summed E-state index contributed by atoms with van der Waals surface area (Å²) >= 11 is 24.6. The monoisotopic (exact) mass is 715 g/mol. The smallest absolute Gasteiger partial charge is 0.362 e. The topological polar surface area (TPSA) is 87.7 Å². The van der Waals surface area contributed by atoms with Crippen molar-refractivity contribution in [3.05, 3.63) is 87.2 Å². The second-order valence-electron chi connectivity index (χ2n) is 9.76. The van der Waals surface area contributed by atoms with Crippen molar-refractivity contribution >= 4 is 81.2 Å². The summed E-state index contributed by atoms with van der Waals surface area (Å²) in [4.78, 5) is 38.7. The summed E-state index contributed by atoms with van der Waals surface area (Å²) in [5.41, 5.74) is -1.35. The van der Waals surface area contributed by atoms with Crippen LogP contribution >= 0.6 is 46.4 Å². The number of alkyl halides is 5. The van der Waals surface area contributed by atoms with Gasteiger partial charge in [-0.05, 0) is 48.0 Å². The number of anilines is 3. The van der Waals surface area contributed by atoms with Crippen LogP contribution in [0.1, 0.15) is 21.8 Å². The van der Waals surface area contributed by atoms with Gasteiger partial charge < -0.3 is 20.3 Å². The van der Waals surface area contributed by atoms with Crippen molar-refractivity contribution in [2.24, 2.45) is 5.92 Å². The summed E-state index contributed by atoms with van der Waals surface area (Å²) < 4.78 is 82.9. The lowest BCUT2D eigenvalue weighted by atomic mass is 10.1. The van der Waals surface area contributed by atoms with Crippen LogP contribution in [-0.2, 0) is 14.3 Å². The zero-order valence-electron chi connectivity index (χ0n) is 22.5. The lowest BCUT2D eigenvalue weighted by Gasteiger charge is -2.20. The third-order valence-electron chi connectivity index (χ3n) is 6.63.